The highest BCUT2D eigenvalue weighted by atomic mass is 35.5. The second kappa shape index (κ2) is 8.76. The number of sulfone groups is 1. The van der Waals surface area contributed by atoms with Gasteiger partial charge in [0.15, 0.2) is 16.4 Å². The van der Waals surface area contributed by atoms with E-state index in [4.69, 9.17) is 16.3 Å². The number of rotatable bonds is 7. The summed E-state index contributed by atoms with van der Waals surface area (Å²) >= 11 is 5.85. The maximum absolute atomic E-state index is 12.8. The SMILES string of the molecule is O=C(COc1ccc(Cl)cc1)N(CCc1ccccc1)[C@H]1CCS(=O)(=O)C1. The zero-order valence-corrected chi connectivity index (χ0v) is 16.5. The summed E-state index contributed by atoms with van der Waals surface area (Å²) in [6, 6.07) is 16.3. The van der Waals surface area contributed by atoms with Crippen molar-refractivity contribution in [1.82, 2.24) is 4.90 Å². The lowest BCUT2D eigenvalue weighted by atomic mass is 10.1. The Morgan fingerprint density at radius 3 is 2.44 bits per heavy atom. The average molecular weight is 408 g/mol. The van der Waals surface area contributed by atoms with E-state index in [1.165, 1.54) is 0 Å². The average Bonchev–Trinajstić information content (AvgIpc) is 3.02. The van der Waals surface area contributed by atoms with Crippen LogP contribution in [0.15, 0.2) is 54.6 Å². The van der Waals surface area contributed by atoms with Crippen LogP contribution < -0.4 is 4.74 Å². The fourth-order valence-electron chi connectivity index (χ4n) is 3.19. The molecule has 0 unspecified atom stereocenters. The summed E-state index contributed by atoms with van der Waals surface area (Å²) in [6.45, 7) is 0.333. The topological polar surface area (TPSA) is 63.7 Å². The first-order chi connectivity index (χ1) is 12.9. The van der Waals surface area contributed by atoms with Gasteiger partial charge >= 0.3 is 0 Å². The third kappa shape index (κ3) is 5.71. The van der Waals surface area contributed by atoms with Crippen LogP contribution in [0.5, 0.6) is 5.75 Å². The summed E-state index contributed by atoms with van der Waals surface area (Å²) in [5.74, 6) is 0.497. The van der Waals surface area contributed by atoms with Crippen molar-refractivity contribution >= 4 is 27.3 Å². The molecule has 5 nitrogen and oxygen atoms in total. The molecule has 2 aromatic rings. The fourth-order valence-corrected chi connectivity index (χ4v) is 5.04. The molecule has 3 rings (SSSR count). The zero-order valence-electron chi connectivity index (χ0n) is 14.9. The third-order valence-electron chi connectivity index (χ3n) is 4.63. The van der Waals surface area contributed by atoms with Crippen molar-refractivity contribution in [2.45, 2.75) is 18.9 Å². The molecule has 0 bridgehead atoms. The second-order valence-corrected chi connectivity index (χ2v) is 9.29. The lowest BCUT2D eigenvalue weighted by molar-refractivity contribution is -0.135. The lowest BCUT2D eigenvalue weighted by Crippen LogP contribution is -2.44. The molecule has 0 spiro atoms. The Kier molecular flexibility index (Phi) is 6.39. The molecule has 1 atom stereocenters. The summed E-state index contributed by atoms with van der Waals surface area (Å²) < 4.78 is 29.3. The molecule has 7 heteroatoms. The molecule has 1 aliphatic heterocycles. The molecule has 1 aliphatic rings. The minimum absolute atomic E-state index is 0.0223. The molecule has 0 aliphatic carbocycles. The van der Waals surface area contributed by atoms with Gasteiger partial charge in [-0.3, -0.25) is 4.79 Å². The van der Waals surface area contributed by atoms with Crippen molar-refractivity contribution < 1.29 is 17.9 Å². The predicted octanol–water partition coefficient (Wildman–Crippen LogP) is 2.98. The molecule has 0 N–H and O–H groups in total. The molecule has 0 aromatic heterocycles. The van der Waals surface area contributed by atoms with Crippen molar-refractivity contribution in [1.29, 1.82) is 0 Å². The molecule has 144 valence electrons. The van der Waals surface area contributed by atoms with E-state index in [1.54, 1.807) is 29.2 Å². The number of hydrogen-bond acceptors (Lipinski definition) is 4. The first-order valence-corrected chi connectivity index (χ1v) is 11.0. The maximum atomic E-state index is 12.8. The second-order valence-electron chi connectivity index (χ2n) is 6.62. The highest BCUT2D eigenvalue weighted by Gasteiger charge is 2.34. The van der Waals surface area contributed by atoms with Crippen molar-refractivity contribution in [3.8, 4) is 5.75 Å². The molecule has 1 heterocycles. The van der Waals surface area contributed by atoms with Crippen LogP contribution in [0.4, 0.5) is 0 Å². The van der Waals surface area contributed by atoms with Gasteiger partial charge in [-0.2, -0.15) is 0 Å². The van der Waals surface area contributed by atoms with Crippen LogP contribution in [-0.4, -0.2) is 49.9 Å². The number of benzene rings is 2. The number of amides is 1. The van der Waals surface area contributed by atoms with Gasteiger partial charge < -0.3 is 9.64 Å². The highest BCUT2D eigenvalue weighted by molar-refractivity contribution is 7.91. The quantitative estimate of drug-likeness (QED) is 0.707. The standard InChI is InChI=1S/C20H22ClNO4S/c21-17-6-8-19(9-7-17)26-14-20(23)22(18-11-13-27(24,25)15-18)12-10-16-4-2-1-3-5-16/h1-9,18H,10-15H2/t18-/m0/s1. The molecule has 1 amide bonds. The Morgan fingerprint density at radius 2 is 1.81 bits per heavy atom. The molecule has 0 saturated carbocycles. The monoisotopic (exact) mass is 407 g/mol. The number of carbonyl (C=O) groups is 1. The minimum atomic E-state index is -3.08. The van der Waals surface area contributed by atoms with Crippen molar-refractivity contribution in [2.75, 3.05) is 24.7 Å². The molecule has 1 fully saturated rings. The first-order valence-electron chi connectivity index (χ1n) is 8.85. The van der Waals surface area contributed by atoms with Crippen molar-refractivity contribution in [2.24, 2.45) is 0 Å². The fraction of sp³-hybridized carbons (Fsp3) is 0.350. The summed E-state index contributed by atoms with van der Waals surface area (Å²) in [4.78, 5) is 14.4. The zero-order chi connectivity index (χ0) is 19.3. The van der Waals surface area contributed by atoms with Gasteiger partial charge in [0.25, 0.3) is 5.91 Å². The molecule has 27 heavy (non-hydrogen) atoms. The van der Waals surface area contributed by atoms with E-state index in [0.29, 0.717) is 30.2 Å². The lowest BCUT2D eigenvalue weighted by Gasteiger charge is -2.28. The van der Waals surface area contributed by atoms with Gasteiger partial charge in [-0.25, -0.2) is 8.42 Å². The summed E-state index contributed by atoms with van der Waals surface area (Å²) in [5.41, 5.74) is 1.11. The Labute approximate surface area is 164 Å². The normalized spacial score (nSPS) is 18.2. The van der Waals surface area contributed by atoms with E-state index >= 15 is 0 Å². The van der Waals surface area contributed by atoms with Crippen molar-refractivity contribution in [3.63, 3.8) is 0 Å². The summed E-state index contributed by atoms with van der Waals surface area (Å²) in [6.07, 6.45) is 1.15. The van der Waals surface area contributed by atoms with Gasteiger partial charge in [0, 0.05) is 17.6 Å². The summed E-state index contributed by atoms with van der Waals surface area (Å²) in [5, 5.41) is 0.592. The van der Waals surface area contributed by atoms with E-state index in [0.717, 1.165) is 5.56 Å². The molecular formula is C20H22ClNO4S. The molecule has 1 saturated heterocycles. The van der Waals surface area contributed by atoms with Gasteiger partial charge in [0.2, 0.25) is 0 Å². The smallest absolute Gasteiger partial charge is 0.260 e. The van der Waals surface area contributed by atoms with Crippen LogP contribution in [0.2, 0.25) is 5.02 Å². The Hall–Kier alpha value is -2.05. The molecule has 0 radical (unpaired) electrons. The van der Waals surface area contributed by atoms with E-state index in [1.807, 2.05) is 30.3 Å². The van der Waals surface area contributed by atoms with Crippen molar-refractivity contribution in [3.05, 3.63) is 65.2 Å². The van der Waals surface area contributed by atoms with Gasteiger partial charge in [0.05, 0.1) is 11.5 Å². The predicted molar refractivity (Wildman–Crippen MR) is 106 cm³/mol. The maximum Gasteiger partial charge on any atom is 0.260 e. The highest BCUT2D eigenvalue weighted by Crippen LogP contribution is 2.20. The Balaban J connectivity index is 1.66. The van der Waals surface area contributed by atoms with E-state index in [-0.39, 0.29) is 30.1 Å². The van der Waals surface area contributed by atoms with Gasteiger partial charge in [-0.15, -0.1) is 0 Å². The van der Waals surface area contributed by atoms with Crippen LogP contribution in [0.1, 0.15) is 12.0 Å². The van der Waals surface area contributed by atoms with Crippen LogP contribution >= 0.6 is 11.6 Å². The minimum Gasteiger partial charge on any atom is -0.484 e. The van der Waals surface area contributed by atoms with E-state index in [2.05, 4.69) is 0 Å². The van der Waals surface area contributed by atoms with Crippen LogP contribution in [-0.2, 0) is 21.1 Å². The number of nitrogens with zero attached hydrogens (tertiary/aromatic N) is 1. The number of hydrogen-bond donors (Lipinski definition) is 0. The molecular weight excluding hydrogens is 386 g/mol. The van der Waals surface area contributed by atoms with Gasteiger partial charge in [-0.05, 0) is 42.7 Å². The van der Waals surface area contributed by atoms with Crippen LogP contribution in [0.25, 0.3) is 0 Å². The first kappa shape index (κ1) is 19.7. The number of carbonyl (C=O) groups excluding carboxylic acids is 1. The summed E-state index contributed by atoms with van der Waals surface area (Å²) in [7, 11) is -3.08. The Bertz CT molecular complexity index is 869. The van der Waals surface area contributed by atoms with E-state index < -0.39 is 9.84 Å². The third-order valence-corrected chi connectivity index (χ3v) is 6.63. The Morgan fingerprint density at radius 1 is 1.11 bits per heavy atom. The van der Waals surface area contributed by atoms with Crippen LogP contribution in [0, 0.1) is 0 Å². The molecule has 2 aromatic carbocycles. The van der Waals surface area contributed by atoms with Gasteiger partial charge in [0.1, 0.15) is 5.75 Å². The largest absolute Gasteiger partial charge is 0.484 e. The van der Waals surface area contributed by atoms with Crippen LogP contribution in [0.3, 0.4) is 0 Å². The number of halogens is 1. The van der Waals surface area contributed by atoms with E-state index in [9.17, 15) is 13.2 Å². The number of ether oxygens (including phenoxy) is 1. The van der Waals surface area contributed by atoms with Gasteiger partial charge in [-0.1, -0.05) is 41.9 Å².